The summed E-state index contributed by atoms with van der Waals surface area (Å²) in [5, 5.41) is 3.48. The Hall–Kier alpha value is -2.53. The number of amides is 2. The van der Waals surface area contributed by atoms with E-state index >= 15 is 0 Å². The monoisotopic (exact) mass is 374 g/mol. The molecule has 2 aromatic rings. The first-order chi connectivity index (χ1) is 12.5. The maximum Gasteiger partial charge on any atom is 0.239 e. The Morgan fingerprint density at radius 3 is 2.46 bits per heavy atom. The summed E-state index contributed by atoms with van der Waals surface area (Å²) >= 11 is 5.84. The second-order valence-electron chi connectivity index (χ2n) is 5.91. The summed E-state index contributed by atoms with van der Waals surface area (Å²) in [5.74, 6) is 0.444. The molecule has 0 saturated carbocycles. The Kier molecular flexibility index (Phi) is 7.48. The van der Waals surface area contributed by atoms with Crippen molar-refractivity contribution in [2.45, 2.75) is 19.9 Å². The summed E-state index contributed by atoms with van der Waals surface area (Å²) in [7, 11) is 1.62. The molecule has 6 heteroatoms. The average molecular weight is 375 g/mol. The van der Waals surface area contributed by atoms with Gasteiger partial charge in [0.25, 0.3) is 0 Å². The highest BCUT2D eigenvalue weighted by Crippen LogP contribution is 2.18. The van der Waals surface area contributed by atoms with E-state index in [1.807, 2.05) is 36.4 Å². The van der Waals surface area contributed by atoms with Crippen LogP contribution >= 0.6 is 11.6 Å². The molecule has 0 fully saturated rings. The number of methoxy groups -OCH3 is 1. The Morgan fingerprint density at radius 1 is 1.12 bits per heavy atom. The number of nitrogens with zero attached hydrogens (tertiary/aromatic N) is 1. The lowest BCUT2D eigenvalue weighted by Gasteiger charge is -2.21. The van der Waals surface area contributed by atoms with Gasteiger partial charge in [0, 0.05) is 25.0 Å². The summed E-state index contributed by atoms with van der Waals surface area (Å²) in [4.78, 5) is 25.6. The number of rotatable bonds is 8. The van der Waals surface area contributed by atoms with Gasteiger partial charge in [0.15, 0.2) is 0 Å². The fourth-order valence-electron chi connectivity index (χ4n) is 2.54. The van der Waals surface area contributed by atoms with E-state index < -0.39 is 0 Å². The Morgan fingerprint density at radius 2 is 1.81 bits per heavy atom. The minimum absolute atomic E-state index is 0.0259. The summed E-state index contributed by atoms with van der Waals surface area (Å²) in [6, 6.07) is 14.9. The third-order valence-electron chi connectivity index (χ3n) is 4.03. The predicted octanol–water partition coefficient (Wildman–Crippen LogP) is 3.06. The van der Waals surface area contributed by atoms with Crippen LogP contribution in [0.25, 0.3) is 0 Å². The summed E-state index contributed by atoms with van der Waals surface area (Å²) < 4.78 is 5.32. The van der Waals surface area contributed by atoms with E-state index in [1.165, 1.54) is 11.8 Å². The van der Waals surface area contributed by atoms with Crippen molar-refractivity contribution in [3.8, 4) is 5.75 Å². The van der Waals surface area contributed by atoms with Gasteiger partial charge in [-0.25, -0.2) is 0 Å². The molecule has 0 spiro atoms. The second kappa shape index (κ2) is 9.82. The maximum absolute atomic E-state index is 12.2. The van der Waals surface area contributed by atoms with Crippen molar-refractivity contribution in [1.29, 1.82) is 0 Å². The number of hydrogen-bond acceptors (Lipinski definition) is 3. The SMILES string of the molecule is COc1ccccc1CCN(CC(=O)NCc1ccc(Cl)cc1)C(C)=O. The van der Waals surface area contributed by atoms with Gasteiger partial charge < -0.3 is 15.0 Å². The molecule has 2 aromatic carbocycles. The third kappa shape index (κ3) is 6.08. The molecule has 1 N–H and O–H groups in total. The number of carbonyl (C=O) groups is 2. The van der Waals surface area contributed by atoms with E-state index in [4.69, 9.17) is 16.3 Å². The van der Waals surface area contributed by atoms with E-state index in [-0.39, 0.29) is 18.4 Å². The van der Waals surface area contributed by atoms with Crippen LogP contribution in [0, 0.1) is 0 Å². The zero-order valence-corrected chi connectivity index (χ0v) is 15.8. The Balaban J connectivity index is 1.87. The third-order valence-corrected chi connectivity index (χ3v) is 4.28. The van der Waals surface area contributed by atoms with Crippen LogP contribution in [0.3, 0.4) is 0 Å². The highest BCUT2D eigenvalue weighted by Gasteiger charge is 2.14. The molecule has 0 radical (unpaired) electrons. The summed E-state index contributed by atoms with van der Waals surface area (Å²) in [6.45, 7) is 2.34. The first-order valence-electron chi connectivity index (χ1n) is 8.38. The van der Waals surface area contributed by atoms with Gasteiger partial charge in [-0.15, -0.1) is 0 Å². The second-order valence-corrected chi connectivity index (χ2v) is 6.34. The first kappa shape index (κ1) is 19.8. The van der Waals surface area contributed by atoms with Crippen LogP contribution in [-0.2, 0) is 22.6 Å². The molecule has 0 aliphatic carbocycles. The summed E-state index contributed by atoms with van der Waals surface area (Å²) in [5.41, 5.74) is 1.95. The lowest BCUT2D eigenvalue weighted by Crippen LogP contribution is -2.40. The molecule has 0 unspecified atom stereocenters. The van der Waals surface area contributed by atoms with Gasteiger partial charge in [-0.1, -0.05) is 41.9 Å². The minimum Gasteiger partial charge on any atom is -0.496 e. The van der Waals surface area contributed by atoms with Gasteiger partial charge in [0.2, 0.25) is 11.8 Å². The number of carbonyl (C=O) groups excluding carboxylic acids is 2. The summed E-state index contributed by atoms with van der Waals surface area (Å²) in [6.07, 6.45) is 0.619. The van der Waals surface area contributed by atoms with Crippen molar-refractivity contribution < 1.29 is 14.3 Å². The number of nitrogens with one attached hydrogen (secondary N) is 1. The van der Waals surface area contributed by atoms with E-state index in [0.29, 0.717) is 24.5 Å². The van der Waals surface area contributed by atoms with Crippen molar-refractivity contribution in [3.63, 3.8) is 0 Å². The van der Waals surface area contributed by atoms with Crippen LogP contribution in [0.4, 0.5) is 0 Å². The number of halogens is 1. The van der Waals surface area contributed by atoms with Crippen LogP contribution in [0.1, 0.15) is 18.1 Å². The van der Waals surface area contributed by atoms with E-state index in [2.05, 4.69) is 5.32 Å². The van der Waals surface area contributed by atoms with E-state index in [0.717, 1.165) is 16.9 Å². The maximum atomic E-state index is 12.2. The molecule has 2 amide bonds. The molecule has 0 bridgehead atoms. The number of benzene rings is 2. The largest absolute Gasteiger partial charge is 0.496 e. The van der Waals surface area contributed by atoms with Gasteiger partial charge in [0.05, 0.1) is 13.7 Å². The minimum atomic E-state index is -0.199. The van der Waals surface area contributed by atoms with Gasteiger partial charge in [-0.05, 0) is 35.7 Å². The van der Waals surface area contributed by atoms with Gasteiger partial charge >= 0.3 is 0 Å². The lowest BCUT2D eigenvalue weighted by molar-refractivity contribution is -0.134. The normalized spacial score (nSPS) is 10.3. The van der Waals surface area contributed by atoms with Gasteiger partial charge in [-0.3, -0.25) is 9.59 Å². The Bertz CT molecular complexity index is 747. The first-order valence-corrected chi connectivity index (χ1v) is 8.76. The molecular formula is C20H23ClN2O3. The lowest BCUT2D eigenvalue weighted by atomic mass is 10.1. The van der Waals surface area contributed by atoms with Crippen molar-refractivity contribution >= 4 is 23.4 Å². The number of ether oxygens (including phenoxy) is 1. The zero-order valence-electron chi connectivity index (χ0n) is 15.0. The van der Waals surface area contributed by atoms with Crippen LogP contribution < -0.4 is 10.1 Å². The van der Waals surface area contributed by atoms with E-state index in [9.17, 15) is 9.59 Å². The van der Waals surface area contributed by atoms with Crippen molar-refractivity contribution in [1.82, 2.24) is 10.2 Å². The molecule has 0 saturated heterocycles. The highest BCUT2D eigenvalue weighted by molar-refractivity contribution is 6.30. The molecule has 0 aromatic heterocycles. The molecule has 0 heterocycles. The average Bonchev–Trinajstić information content (AvgIpc) is 2.64. The van der Waals surface area contributed by atoms with Gasteiger partial charge in [0.1, 0.15) is 5.75 Å². The van der Waals surface area contributed by atoms with Crippen LogP contribution in [0.5, 0.6) is 5.75 Å². The number of hydrogen-bond donors (Lipinski definition) is 1. The molecule has 26 heavy (non-hydrogen) atoms. The molecule has 5 nitrogen and oxygen atoms in total. The van der Waals surface area contributed by atoms with Crippen molar-refractivity contribution in [3.05, 3.63) is 64.7 Å². The molecule has 0 aliphatic rings. The topological polar surface area (TPSA) is 58.6 Å². The molecular weight excluding hydrogens is 352 g/mol. The fourth-order valence-corrected chi connectivity index (χ4v) is 2.67. The quantitative estimate of drug-likeness (QED) is 0.772. The fraction of sp³-hybridized carbons (Fsp3) is 0.300. The Labute approximate surface area is 158 Å². The smallest absolute Gasteiger partial charge is 0.239 e. The molecule has 0 atom stereocenters. The van der Waals surface area contributed by atoms with Crippen molar-refractivity contribution in [2.75, 3.05) is 20.2 Å². The highest BCUT2D eigenvalue weighted by atomic mass is 35.5. The van der Waals surface area contributed by atoms with Crippen molar-refractivity contribution in [2.24, 2.45) is 0 Å². The number of para-hydroxylation sites is 1. The van der Waals surface area contributed by atoms with Crippen LogP contribution in [0.2, 0.25) is 5.02 Å². The predicted molar refractivity (Wildman–Crippen MR) is 102 cm³/mol. The van der Waals surface area contributed by atoms with Crippen LogP contribution in [-0.4, -0.2) is 36.9 Å². The zero-order chi connectivity index (χ0) is 18.9. The molecule has 2 rings (SSSR count). The standard InChI is InChI=1S/C20H23ClN2O3/c1-15(24)23(12-11-17-5-3-4-6-19(17)26-2)14-20(25)22-13-16-7-9-18(21)10-8-16/h3-10H,11-14H2,1-2H3,(H,22,25). The molecule has 138 valence electrons. The van der Waals surface area contributed by atoms with Crippen LogP contribution in [0.15, 0.2) is 48.5 Å². The van der Waals surface area contributed by atoms with E-state index in [1.54, 1.807) is 19.2 Å². The van der Waals surface area contributed by atoms with Gasteiger partial charge in [-0.2, -0.15) is 0 Å². The molecule has 0 aliphatic heterocycles.